The smallest absolute Gasteiger partial charge is 0.328 e. The number of nitrogens with zero attached hydrogens (tertiary/aromatic N) is 1. The molecule has 0 bridgehead atoms. The summed E-state index contributed by atoms with van der Waals surface area (Å²) in [6.45, 7) is 5.19. The lowest BCUT2D eigenvalue weighted by Gasteiger charge is -2.17. The average Bonchev–Trinajstić information content (AvgIpc) is 3.04. The number of ether oxygens (including phenoxy) is 1. The van der Waals surface area contributed by atoms with Crippen LogP contribution in [0.15, 0.2) is 17.1 Å². The second kappa shape index (κ2) is 35.8. The maximum atomic E-state index is 12.7. The van der Waals surface area contributed by atoms with Crippen molar-refractivity contribution in [3.05, 3.63) is 12.2 Å². The molecule has 270 valence electrons. The summed E-state index contributed by atoms with van der Waals surface area (Å²) in [5, 5.41) is 2.87. The standard InChI is InChI=1S/C39H76N4O3/c1-3-5-7-9-11-13-15-17-19-20-22-24-26-28-30-32-37(44)43-36(33-34-42-39(40)41)38(45)46-35-31-29-27-25-23-21-18-16-14-12-10-8-6-4-2/h17,19,36H,3-16,18,20-35H2,1-2H3,(H,43,44)(H4,40,41,42)/b19-17-. The van der Waals surface area contributed by atoms with E-state index in [1.54, 1.807) is 0 Å². The molecule has 0 aromatic carbocycles. The van der Waals surface area contributed by atoms with Gasteiger partial charge in [0.2, 0.25) is 5.91 Å². The average molecular weight is 649 g/mol. The number of rotatable bonds is 35. The first-order valence-electron chi connectivity index (χ1n) is 19.7. The van der Waals surface area contributed by atoms with Gasteiger partial charge < -0.3 is 21.5 Å². The number of unbranched alkanes of at least 4 members (excludes halogenated alkanes) is 24. The van der Waals surface area contributed by atoms with Gasteiger partial charge in [0.25, 0.3) is 0 Å². The molecule has 0 aromatic heterocycles. The van der Waals surface area contributed by atoms with E-state index >= 15 is 0 Å². The maximum Gasteiger partial charge on any atom is 0.328 e. The minimum absolute atomic E-state index is 0.0193. The second-order valence-electron chi connectivity index (χ2n) is 13.3. The Morgan fingerprint density at radius 3 is 1.48 bits per heavy atom. The SMILES string of the molecule is CCCCCCCC/C=C\CCCCCCCC(=O)NC(CCN=C(N)N)C(=O)OCCCCCCCCCCCCCCCC. The van der Waals surface area contributed by atoms with Crippen molar-refractivity contribution in [1.82, 2.24) is 5.32 Å². The van der Waals surface area contributed by atoms with Crippen molar-refractivity contribution in [2.45, 2.75) is 206 Å². The third-order valence-corrected chi connectivity index (χ3v) is 8.74. The predicted molar refractivity (Wildman–Crippen MR) is 198 cm³/mol. The Labute approximate surface area is 284 Å². The monoisotopic (exact) mass is 649 g/mol. The van der Waals surface area contributed by atoms with Crippen LogP contribution in [0.4, 0.5) is 0 Å². The van der Waals surface area contributed by atoms with Gasteiger partial charge in [-0.1, -0.05) is 161 Å². The largest absolute Gasteiger partial charge is 0.464 e. The summed E-state index contributed by atoms with van der Waals surface area (Å²) in [5.74, 6) is -0.520. The Balaban J connectivity index is 3.95. The van der Waals surface area contributed by atoms with Gasteiger partial charge in [0.15, 0.2) is 5.96 Å². The molecule has 7 heteroatoms. The van der Waals surface area contributed by atoms with Crippen LogP contribution in [0.3, 0.4) is 0 Å². The molecule has 7 nitrogen and oxygen atoms in total. The number of nitrogens with two attached hydrogens (primary N) is 2. The number of hydrogen-bond donors (Lipinski definition) is 3. The summed E-state index contributed by atoms with van der Waals surface area (Å²) in [5.41, 5.74) is 10.9. The fourth-order valence-electron chi connectivity index (χ4n) is 5.76. The Kier molecular flexibility index (Phi) is 34.2. The quantitative estimate of drug-likeness (QED) is 0.0208. The lowest BCUT2D eigenvalue weighted by molar-refractivity contribution is -0.148. The van der Waals surface area contributed by atoms with E-state index in [2.05, 4.69) is 36.3 Å². The molecule has 0 aliphatic rings. The van der Waals surface area contributed by atoms with E-state index < -0.39 is 12.0 Å². The zero-order valence-electron chi connectivity index (χ0n) is 30.5. The lowest BCUT2D eigenvalue weighted by atomic mass is 10.0. The molecule has 0 saturated carbocycles. The summed E-state index contributed by atoms with van der Waals surface area (Å²) in [6.07, 6.45) is 39.3. The Morgan fingerprint density at radius 2 is 1.02 bits per heavy atom. The highest BCUT2D eigenvalue weighted by atomic mass is 16.5. The zero-order valence-corrected chi connectivity index (χ0v) is 30.5. The van der Waals surface area contributed by atoms with Crippen molar-refractivity contribution >= 4 is 17.8 Å². The number of nitrogens with one attached hydrogen (secondary N) is 1. The molecule has 0 aliphatic heterocycles. The van der Waals surface area contributed by atoms with Gasteiger partial charge in [-0.15, -0.1) is 0 Å². The van der Waals surface area contributed by atoms with Crippen LogP contribution in [0.2, 0.25) is 0 Å². The summed E-state index contributed by atoms with van der Waals surface area (Å²) >= 11 is 0. The molecule has 0 saturated heterocycles. The van der Waals surface area contributed by atoms with E-state index in [9.17, 15) is 9.59 Å². The normalized spacial score (nSPS) is 12.0. The number of allylic oxidation sites excluding steroid dienone is 2. The van der Waals surface area contributed by atoms with E-state index in [4.69, 9.17) is 16.2 Å². The second-order valence-corrected chi connectivity index (χ2v) is 13.3. The van der Waals surface area contributed by atoms with Crippen molar-refractivity contribution in [2.24, 2.45) is 16.5 Å². The van der Waals surface area contributed by atoms with Crippen LogP contribution >= 0.6 is 0 Å². The molecule has 0 spiro atoms. The van der Waals surface area contributed by atoms with Crippen LogP contribution in [0, 0.1) is 0 Å². The van der Waals surface area contributed by atoms with E-state index in [0.717, 1.165) is 38.5 Å². The van der Waals surface area contributed by atoms with Crippen LogP contribution < -0.4 is 16.8 Å². The minimum atomic E-state index is -0.717. The van der Waals surface area contributed by atoms with E-state index in [0.29, 0.717) is 19.4 Å². The van der Waals surface area contributed by atoms with Gasteiger partial charge in [-0.2, -0.15) is 0 Å². The van der Waals surface area contributed by atoms with E-state index in [-0.39, 0.29) is 18.4 Å². The molecular formula is C39H76N4O3. The van der Waals surface area contributed by atoms with Crippen molar-refractivity contribution in [3.63, 3.8) is 0 Å². The number of carbonyl (C=O) groups excluding carboxylic acids is 2. The van der Waals surface area contributed by atoms with Gasteiger partial charge >= 0.3 is 5.97 Å². The fraction of sp³-hybridized carbons (Fsp3) is 0.872. The molecule has 1 amide bonds. The van der Waals surface area contributed by atoms with Gasteiger partial charge in [-0.3, -0.25) is 9.79 Å². The molecule has 1 unspecified atom stereocenters. The highest BCUT2D eigenvalue weighted by Gasteiger charge is 2.21. The Hall–Kier alpha value is -2.05. The first kappa shape index (κ1) is 43.9. The van der Waals surface area contributed by atoms with Gasteiger partial charge in [0.1, 0.15) is 6.04 Å². The molecule has 0 radical (unpaired) electrons. The van der Waals surface area contributed by atoms with Crippen LogP contribution in [-0.2, 0) is 14.3 Å². The highest BCUT2D eigenvalue weighted by Crippen LogP contribution is 2.14. The van der Waals surface area contributed by atoms with Crippen molar-refractivity contribution < 1.29 is 14.3 Å². The molecule has 1 atom stereocenters. The van der Waals surface area contributed by atoms with Crippen LogP contribution in [0.1, 0.15) is 200 Å². The van der Waals surface area contributed by atoms with Gasteiger partial charge in [-0.05, 0) is 44.9 Å². The summed E-state index contributed by atoms with van der Waals surface area (Å²) in [6, 6.07) is -0.717. The Morgan fingerprint density at radius 1 is 0.609 bits per heavy atom. The number of carbonyl (C=O) groups is 2. The predicted octanol–water partition coefficient (Wildman–Crippen LogP) is 10.2. The maximum absolute atomic E-state index is 12.7. The van der Waals surface area contributed by atoms with E-state index in [1.807, 2.05) is 0 Å². The highest BCUT2D eigenvalue weighted by molar-refractivity contribution is 5.84. The summed E-state index contributed by atoms with van der Waals surface area (Å²) in [7, 11) is 0. The van der Waals surface area contributed by atoms with Gasteiger partial charge in [-0.25, -0.2) is 4.79 Å². The molecule has 0 rings (SSSR count). The molecule has 0 heterocycles. The van der Waals surface area contributed by atoms with Crippen molar-refractivity contribution in [3.8, 4) is 0 Å². The molecule has 0 fully saturated rings. The minimum Gasteiger partial charge on any atom is -0.464 e. The topological polar surface area (TPSA) is 120 Å². The first-order valence-corrected chi connectivity index (χ1v) is 19.7. The molecule has 0 aliphatic carbocycles. The summed E-state index contributed by atoms with van der Waals surface area (Å²) in [4.78, 5) is 29.3. The van der Waals surface area contributed by atoms with Crippen LogP contribution in [-0.4, -0.2) is 37.0 Å². The molecule has 5 N–H and O–H groups in total. The number of guanidine groups is 1. The van der Waals surface area contributed by atoms with Crippen molar-refractivity contribution in [2.75, 3.05) is 13.2 Å². The zero-order chi connectivity index (χ0) is 33.8. The van der Waals surface area contributed by atoms with Gasteiger partial charge in [0, 0.05) is 13.0 Å². The van der Waals surface area contributed by atoms with Gasteiger partial charge in [0.05, 0.1) is 6.61 Å². The number of aliphatic imine (C=N–C) groups is 1. The molecule has 46 heavy (non-hydrogen) atoms. The summed E-state index contributed by atoms with van der Waals surface area (Å²) < 4.78 is 5.53. The number of esters is 1. The van der Waals surface area contributed by atoms with Crippen LogP contribution in [0.25, 0.3) is 0 Å². The van der Waals surface area contributed by atoms with Crippen molar-refractivity contribution in [1.29, 1.82) is 0 Å². The molecule has 0 aromatic rings. The lowest BCUT2D eigenvalue weighted by Crippen LogP contribution is -2.42. The Bertz CT molecular complexity index is 737. The van der Waals surface area contributed by atoms with E-state index in [1.165, 1.54) is 135 Å². The first-order chi connectivity index (χ1) is 22.5. The fourth-order valence-corrected chi connectivity index (χ4v) is 5.76. The van der Waals surface area contributed by atoms with Crippen LogP contribution in [0.5, 0.6) is 0 Å². The number of hydrogen-bond acceptors (Lipinski definition) is 4. The molecular weight excluding hydrogens is 572 g/mol. The third-order valence-electron chi connectivity index (χ3n) is 8.74. The third kappa shape index (κ3) is 33.3. The number of amides is 1.